The molecule has 2 atom stereocenters. The van der Waals surface area contributed by atoms with Crippen LogP contribution < -0.4 is 5.32 Å². The lowest BCUT2D eigenvalue weighted by molar-refractivity contribution is 0.477. The van der Waals surface area contributed by atoms with E-state index in [0.29, 0.717) is 5.02 Å². The Labute approximate surface area is 117 Å². The summed E-state index contributed by atoms with van der Waals surface area (Å²) >= 11 is 14.1. The number of thioether (sulfide) groups is 1. The Morgan fingerprint density at radius 3 is 2.94 bits per heavy atom. The van der Waals surface area contributed by atoms with E-state index in [1.165, 1.54) is 17.9 Å². The second-order valence-corrected chi connectivity index (χ2v) is 6.52. The third-order valence-corrected chi connectivity index (χ3v) is 4.96. The van der Waals surface area contributed by atoms with E-state index in [0.717, 1.165) is 23.0 Å². The van der Waals surface area contributed by atoms with Crippen molar-refractivity contribution in [1.29, 1.82) is 0 Å². The second-order valence-electron chi connectivity index (χ2n) is 4.53. The lowest BCUT2D eigenvalue weighted by Gasteiger charge is -2.18. The van der Waals surface area contributed by atoms with Crippen molar-refractivity contribution >= 4 is 35.0 Å². The van der Waals surface area contributed by atoms with Gasteiger partial charge in [-0.1, -0.05) is 29.3 Å². The minimum Gasteiger partial charge on any atom is -0.310 e. The van der Waals surface area contributed by atoms with Crippen LogP contribution in [0.1, 0.15) is 24.9 Å². The topological polar surface area (TPSA) is 12.0 Å². The highest BCUT2D eigenvalue weighted by atomic mass is 35.5. The number of benzene rings is 1. The SMILES string of the molecule is CC(NCC1CCSC1)c1ccc(Cl)cc1Cl. The lowest BCUT2D eigenvalue weighted by atomic mass is 10.1. The molecule has 0 aromatic heterocycles. The Morgan fingerprint density at radius 2 is 2.29 bits per heavy atom. The van der Waals surface area contributed by atoms with Crippen LogP contribution >= 0.6 is 35.0 Å². The van der Waals surface area contributed by atoms with Gasteiger partial charge in [-0.25, -0.2) is 0 Å². The third kappa shape index (κ3) is 3.78. The molecule has 4 heteroatoms. The van der Waals surface area contributed by atoms with E-state index < -0.39 is 0 Å². The molecule has 1 saturated heterocycles. The first-order valence-electron chi connectivity index (χ1n) is 5.93. The minimum absolute atomic E-state index is 0.283. The van der Waals surface area contributed by atoms with Crippen LogP contribution in [-0.4, -0.2) is 18.1 Å². The zero-order valence-corrected chi connectivity index (χ0v) is 12.2. The van der Waals surface area contributed by atoms with Crippen LogP contribution in [0.2, 0.25) is 10.0 Å². The van der Waals surface area contributed by atoms with Crippen LogP contribution in [0.5, 0.6) is 0 Å². The maximum Gasteiger partial charge on any atom is 0.0468 e. The van der Waals surface area contributed by atoms with Crippen LogP contribution in [0, 0.1) is 5.92 Å². The largest absolute Gasteiger partial charge is 0.310 e. The minimum atomic E-state index is 0.283. The van der Waals surface area contributed by atoms with Crippen molar-refractivity contribution < 1.29 is 0 Å². The highest BCUT2D eigenvalue weighted by Gasteiger charge is 2.17. The van der Waals surface area contributed by atoms with Crippen molar-refractivity contribution in [3.05, 3.63) is 33.8 Å². The summed E-state index contributed by atoms with van der Waals surface area (Å²) in [7, 11) is 0. The normalized spacial score (nSPS) is 21.7. The number of hydrogen-bond acceptors (Lipinski definition) is 2. The summed E-state index contributed by atoms with van der Waals surface area (Å²) in [4.78, 5) is 0. The maximum absolute atomic E-state index is 6.19. The molecule has 1 fully saturated rings. The molecule has 17 heavy (non-hydrogen) atoms. The van der Waals surface area contributed by atoms with Gasteiger partial charge in [0, 0.05) is 16.1 Å². The van der Waals surface area contributed by atoms with Crippen molar-refractivity contribution in [2.75, 3.05) is 18.1 Å². The van der Waals surface area contributed by atoms with E-state index in [1.807, 2.05) is 18.2 Å². The highest BCUT2D eigenvalue weighted by molar-refractivity contribution is 7.99. The Morgan fingerprint density at radius 1 is 1.47 bits per heavy atom. The molecule has 2 rings (SSSR count). The number of nitrogens with one attached hydrogen (secondary N) is 1. The molecule has 1 aromatic carbocycles. The average Bonchev–Trinajstić information content (AvgIpc) is 2.78. The molecule has 1 N–H and O–H groups in total. The molecule has 1 aliphatic heterocycles. The summed E-state index contributed by atoms with van der Waals surface area (Å²) in [5.74, 6) is 3.41. The summed E-state index contributed by atoms with van der Waals surface area (Å²) in [6.07, 6.45) is 1.33. The van der Waals surface area contributed by atoms with Crippen molar-refractivity contribution in [3.63, 3.8) is 0 Å². The fraction of sp³-hybridized carbons (Fsp3) is 0.538. The number of hydrogen-bond donors (Lipinski definition) is 1. The molecule has 0 bridgehead atoms. The van der Waals surface area contributed by atoms with Gasteiger partial charge in [-0.3, -0.25) is 0 Å². The summed E-state index contributed by atoms with van der Waals surface area (Å²) in [5, 5.41) is 5.00. The summed E-state index contributed by atoms with van der Waals surface area (Å²) in [6, 6.07) is 5.99. The predicted molar refractivity (Wildman–Crippen MR) is 78.3 cm³/mol. The highest BCUT2D eigenvalue weighted by Crippen LogP contribution is 2.27. The first-order chi connectivity index (χ1) is 8.16. The smallest absolute Gasteiger partial charge is 0.0468 e. The zero-order valence-electron chi connectivity index (χ0n) is 9.88. The molecule has 0 radical (unpaired) electrons. The number of rotatable bonds is 4. The Kier molecular flexibility index (Phi) is 5.04. The van der Waals surface area contributed by atoms with E-state index in [2.05, 4.69) is 24.0 Å². The van der Waals surface area contributed by atoms with Crippen molar-refractivity contribution in [2.45, 2.75) is 19.4 Å². The van der Waals surface area contributed by atoms with Gasteiger partial charge in [-0.05, 0) is 55.0 Å². The predicted octanol–water partition coefficient (Wildman–Crippen LogP) is 4.40. The molecule has 1 aliphatic rings. The molecular weight excluding hydrogens is 273 g/mol. The molecular formula is C13H17Cl2NS. The first kappa shape index (κ1) is 13.5. The van der Waals surface area contributed by atoms with E-state index in [-0.39, 0.29) is 6.04 Å². The van der Waals surface area contributed by atoms with E-state index in [9.17, 15) is 0 Å². The quantitative estimate of drug-likeness (QED) is 0.882. The molecule has 1 heterocycles. The number of halogens is 2. The molecule has 2 unspecified atom stereocenters. The van der Waals surface area contributed by atoms with Crippen molar-refractivity contribution in [3.8, 4) is 0 Å². The molecule has 0 saturated carbocycles. The average molecular weight is 290 g/mol. The van der Waals surface area contributed by atoms with Gasteiger partial charge in [-0.2, -0.15) is 11.8 Å². The van der Waals surface area contributed by atoms with Gasteiger partial charge >= 0.3 is 0 Å². The molecule has 0 spiro atoms. The van der Waals surface area contributed by atoms with Gasteiger partial charge in [0.2, 0.25) is 0 Å². The first-order valence-corrected chi connectivity index (χ1v) is 7.84. The van der Waals surface area contributed by atoms with Gasteiger partial charge in [0.05, 0.1) is 0 Å². The van der Waals surface area contributed by atoms with Crippen molar-refractivity contribution in [2.24, 2.45) is 5.92 Å². The summed E-state index contributed by atoms with van der Waals surface area (Å²) in [6.45, 7) is 3.23. The van der Waals surface area contributed by atoms with E-state index in [1.54, 1.807) is 0 Å². The van der Waals surface area contributed by atoms with Crippen LogP contribution in [-0.2, 0) is 0 Å². The fourth-order valence-corrected chi connectivity index (χ4v) is 3.91. The fourth-order valence-electron chi connectivity index (χ4n) is 2.05. The van der Waals surface area contributed by atoms with Crippen LogP contribution in [0.4, 0.5) is 0 Å². The molecule has 0 amide bonds. The molecule has 1 aromatic rings. The Bertz CT molecular complexity index is 378. The maximum atomic E-state index is 6.19. The van der Waals surface area contributed by atoms with Gasteiger partial charge in [0.15, 0.2) is 0 Å². The Hall–Kier alpha value is 0.110. The monoisotopic (exact) mass is 289 g/mol. The third-order valence-electron chi connectivity index (χ3n) is 3.17. The van der Waals surface area contributed by atoms with E-state index in [4.69, 9.17) is 23.2 Å². The van der Waals surface area contributed by atoms with Crippen LogP contribution in [0.15, 0.2) is 18.2 Å². The standard InChI is InChI=1S/C13H17Cl2NS/c1-9(16-7-10-4-5-17-8-10)12-3-2-11(14)6-13(12)15/h2-3,6,9-10,16H,4-5,7-8H2,1H3. The Balaban J connectivity index is 1.91. The van der Waals surface area contributed by atoms with Gasteiger partial charge in [0.1, 0.15) is 0 Å². The summed E-state index contributed by atoms with van der Waals surface area (Å²) < 4.78 is 0. The van der Waals surface area contributed by atoms with Crippen LogP contribution in [0.3, 0.4) is 0 Å². The van der Waals surface area contributed by atoms with Gasteiger partial charge < -0.3 is 5.32 Å². The molecule has 94 valence electrons. The molecule has 0 aliphatic carbocycles. The zero-order chi connectivity index (χ0) is 12.3. The lowest BCUT2D eigenvalue weighted by Crippen LogP contribution is -2.25. The molecule has 1 nitrogen and oxygen atoms in total. The van der Waals surface area contributed by atoms with Crippen LogP contribution in [0.25, 0.3) is 0 Å². The van der Waals surface area contributed by atoms with Gasteiger partial charge in [-0.15, -0.1) is 0 Å². The second kappa shape index (κ2) is 6.33. The van der Waals surface area contributed by atoms with Gasteiger partial charge in [0.25, 0.3) is 0 Å². The van der Waals surface area contributed by atoms with E-state index >= 15 is 0 Å². The van der Waals surface area contributed by atoms with Crippen molar-refractivity contribution in [1.82, 2.24) is 5.32 Å². The summed E-state index contributed by atoms with van der Waals surface area (Å²) in [5.41, 5.74) is 1.13.